The second-order valence-corrected chi connectivity index (χ2v) is 7.28. The zero-order valence-electron chi connectivity index (χ0n) is 10.3. The molecule has 0 aromatic carbocycles. The van der Waals surface area contributed by atoms with Gasteiger partial charge in [0.25, 0.3) is 0 Å². The van der Waals surface area contributed by atoms with E-state index in [2.05, 4.69) is 17.6 Å². The molecule has 0 radical (unpaired) electrons. The number of thioether (sulfide) groups is 1. The average Bonchev–Trinajstić information content (AvgIpc) is 2.83. The van der Waals surface area contributed by atoms with Crippen molar-refractivity contribution in [3.63, 3.8) is 0 Å². The molecule has 1 nitrogen and oxygen atoms in total. The van der Waals surface area contributed by atoms with Gasteiger partial charge >= 0.3 is 0 Å². The molecule has 0 fully saturated rings. The number of nitrogens with one attached hydrogen (secondary N) is 1. The maximum atomic E-state index is 6.05. The van der Waals surface area contributed by atoms with Crippen molar-refractivity contribution in [3.8, 4) is 0 Å². The van der Waals surface area contributed by atoms with Crippen molar-refractivity contribution in [1.82, 2.24) is 5.32 Å². The summed E-state index contributed by atoms with van der Waals surface area (Å²) in [6.45, 7) is 1.14. The van der Waals surface area contributed by atoms with Crippen molar-refractivity contribution >= 4 is 34.7 Å². The zero-order chi connectivity index (χ0) is 12.1. The predicted octanol–water partition coefficient (Wildman–Crippen LogP) is 4.51. The van der Waals surface area contributed by atoms with Gasteiger partial charge in [-0.2, -0.15) is 11.8 Å². The lowest BCUT2D eigenvalue weighted by atomic mass is 10.1. The van der Waals surface area contributed by atoms with Gasteiger partial charge in [0.1, 0.15) is 0 Å². The Labute approximate surface area is 117 Å². The molecular weight excluding hydrogens is 270 g/mol. The van der Waals surface area contributed by atoms with Crippen LogP contribution in [0.1, 0.15) is 42.2 Å². The first-order chi connectivity index (χ1) is 8.31. The monoisotopic (exact) mass is 289 g/mol. The highest BCUT2D eigenvalue weighted by Crippen LogP contribution is 2.39. The van der Waals surface area contributed by atoms with Crippen LogP contribution in [0.25, 0.3) is 0 Å². The summed E-state index contributed by atoms with van der Waals surface area (Å²) in [6, 6.07) is 2.72. The fraction of sp³-hybridized carbons (Fsp3) is 0.692. The van der Waals surface area contributed by atoms with E-state index < -0.39 is 0 Å². The van der Waals surface area contributed by atoms with Crippen LogP contribution in [0.5, 0.6) is 0 Å². The van der Waals surface area contributed by atoms with Gasteiger partial charge in [0.2, 0.25) is 0 Å². The normalized spacial score (nSPS) is 18.6. The lowest BCUT2D eigenvalue weighted by Crippen LogP contribution is -2.20. The molecule has 1 aromatic heterocycles. The molecule has 1 heterocycles. The van der Waals surface area contributed by atoms with E-state index in [9.17, 15) is 0 Å². The van der Waals surface area contributed by atoms with E-state index in [-0.39, 0.29) is 0 Å². The summed E-state index contributed by atoms with van der Waals surface area (Å²) in [7, 11) is 0. The quantitative estimate of drug-likeness (QED) is 0.741. The second kappa shape index (κ2) is 7.03. The van der Waals surface area contributed by atoms with Gasteiger partial charge in [-0.3, -0.25) is 0 Å². The Hall–Kier alpha value is 0.300. The maximum Gasteiger partial charge on any atom is 0.0934 e. The molecule has 1 aromatic rings. The highest BCUT2D eigenvalue weighted by molar-refractivity contribution is 7.98. The first-order valence-electron chi connectivity index (χ1n) is 6.31. The number of fused-ring (bicyclic) bond motifs is 1. The van der Waals surface area contributed by atoms with Gasteiger partial charge in [0, 0.05) is 10.9 Å². The van der Waals surface area contributed by atoms with Crippen molar-refractivity contribution in [2.45, 2.75) is 38.1 Å². The molecule has 0 aliphatic heterocycles. The van der Waals surface area contributed by atoms with Gasteiger partial charge in [-0.15, -0.1) is 11.3 Å². The van der Waals surface area contributed by atoms with E-state index in [1.807, 2.05) is 11.8 Å². The number of rotatable bonds is 7. The van der Waals surface area contributed by atoms with E-state index >= 15 is 0 Å². The summed E-state index contributed by atoms with van der Waals surface area (Å²) in [5, 5.41) is 3.67. The molecule has 1 aliphatic rings. The number of unbranched alkanes of at least 4 members (excludes halogenated alkanes) is 2. The molecule has 1 atom stereocenters. The molecule has 17 heavy (non-hydrogen) atoms. The lowest BCUT2D eigenvalue weighted by Gasteiger charge is -2.12. The molecular formula is C13H20ClNS2. The summed E-state index contributed by atoms with van der Waals surface area (Å²) >= 11 is 9.75. The van der Waals surface area contributed by atoms with Crippen LogP contribution in [0.3, 0.4) is 0 Å². The molecule has 0 amide bonds. The summed E-state index contributed by atoms with van der Waals surface area (Å²) in [4.78, 5) is 1.50. The summed E-state index contributed by atoms with van der Waals surface area (Å²) < 4.78 is 0.946. The molecule has 4 heteroatoms. The third-order valence-corrected chi connectivity index (χ3v) is 5.30. The van der Waals surface area contributed by atoms with Crippen molar-refractivity contribution in [2.24, 2.45) is 0 Å². The highest BCUT2D eigenvalue weighted by Gasteiger charge is 2.24. The molecule has 1 aliphatic carbocycles. The van der Waals surface area contributed by atoms with Crippen LogP contribution in [-0.4, -0.2) is 18.6 Å². The third-order valence-electron chi connectivity index (χ3n) is 3.26. The number of halogens is 1. The first-order valence-corrected chi connectivity index (χ1v) is 8.90. The molecule has 1 N–H and O–H groups in total. The van der Waals surface area contributed by atoms with Crippen LogP contribution in [0, 0.1) is 0 Å². The molecule has 2 rings (SSSR count). The average molecular weight is 290 g/mol. The smallest absolute Gasteiger partial charge is 0.0934 e. The van der Waals surface area contributed by atoms with Gasteiger partial charge in [-0.05, 0) is 55.9 Å². The van der Waals surface area contributed by atoms with E-state index in [0.717, 1.165) is 10.9 Å². The largest absolute Gasteiger partial charge is 0.310 e. The van der Waals surface area contributed by atoms with Crippen molar-refractivity contribution in [1.29, 1.82) is 0 Å². The Balaban J connectivity index is 1.67. The molecule has 96 valence electrons. The highest BCUT2D eigenvalue weighted by atomic mass is 35.5. The summed E-state index contributed by atoms with van der Waals surface area (Å²) in [5.74, 6) is 1.30. The van der Waals surface area contributed by atoms with E-state index in [1.54, 1.807) is 11.3 Å². The van der Waals surface area contributed by atoms with Gasteiger partial charge in [-0.1, -0.05) is 18.0 Å². The minimum absolute atomic E-state index is 0.564. The van der Waals surface area contributed by atoms with E-state index in [4.69, 9.17) is 11.6 Å². The fourth-order valence-electron chi connectivity index (χ4n) is 2.37. The minimum atomic E-state index is 0.564. The molecule has 0 saturated heterocycles. The standard InChI is InChI=1S/C13H20ClNS2/c1-16-8-4-2-3-7-15-11-5-6-12-10(11)9-13(14)17-12/h9,11,15H,2-8H2,1H3. The van der Waals surface area contributed by atoms with Crippen LogP contribution in [0.2, 0.25) is 4.34 Å². The molecule has 0 spiro atoms. The summed E-state index contributed by atoms with van der Waals surface area (Å²) in [5.41, 5.74) is 1.46. The van der Waals surface area contributed by atoms with Gasteiger partial charge in [0.15, 0.2) is 0 Å². The fourth-order valence-corrected chi connectivity index (χ4v) is 4.22. The number of thiophene rings is 1. The molecule has 1 unspecified atom stereocenters. The van der Waals surface area contributed by atoms with Gasteiger partial charge in [-0.25, -0.2) is 0 Å². The van der Waals surface area contributed by atoms with E-state index in [0.29, 0.717) is 6.04 Å². The topological polar surface area (TPSA) is 12.0 Å². The Morgan fingerprint density at radius 1 is 1.47 bits per heavy atom. The van der Waals surface area contributed by atoms with Gasteiger partial charge < -0.3 is 5.32 Å². The Kier molecular flexibility index (Phi) is 5.67. The zero-order valence-corrected chi connectivity index (χ0v) is 12.7. The van der Waals surface area contributed by atoms with Crippen LogP contribution in [0.15, 0.2) is 6.07 Å². The molecule has 0 bridgehead atoms. The SMILES string of the molecule is CSCCCCCNC1CCc2sc(Cl)cc21. The summed E-state index contributed by atoms with van der Waals surface area (Å²) in [6.07, 6.45) is 8.63. The predicted molar refractivity (Wildman–Crippen MR) is 80.6 cm³/mol. The Morgan fingerprint density at radius 2 is 2.35 bits per heavy atom. The first kappa shape index (κ1) is 13.7. The van der Waals surface area contributed by atoms with Crippen LogP contribution < -0.4 is 5.32 Å². The number of hydrogen-bond donors (Lipinski definition) is 1. The number of aryl methyl sites for hydroxylation is 1. The van der Waals surface area contributed by atoms with E-state index in [1.165, 1.54) is 48.3 Å². The Morgan fingerprint density at radius 3 is 3.18 bits per heavy atom. The van der Waals surface area contributed by atoms with Crippen molar-refractivity contribution in [3.05, 3.63) is 20.8 Å². The van der Waals surface area contributed by atoms with Crippen molar-refractivity contribution < 1.29 is 0 Å². The molecule has 0 saturated carbocycles. The Bertz CT molecular complexity index is 351. The lowest BCUT2D eigenvalue weighted by molar-refractivity contribution is 0.511. The second-order valence-electron chi connectivity index (χ2n) is 4.53. The number of hydrogen-bond acceptors (Lipinski definition) is 3. The maximum absolute atomic E-state index is 6.05. The van der Waals surface area contributed by atoms with Gasteiger partial charge in [0.05, 0.1) is 4.34 Å². The van der Waals surface area contributed by atoms with Crippen molar-refractivity contribution in [2.75, 3.05) is 18.6 Å². The van der Waals surface area contributed by atoms with Crippen LogP contribution in [0.4, 0.5) is 0 Å². The van der Waals surface area contributed by atoms with Crippen LogP contribution in [-0.2, 0) is 6.42 Å². The minimum Gasteiger partial charge on any atom is -0.310 e. The van der Waals surface area contributed by atoms with Crippen LogP contribution >= 0.6 is 34.7 Å². The third kappa shape index (κ3) is 3.88.